The molecule has 0 fully saturated rings. The Kier molecular flexibility index (Phi) is 1.23. The van der Waals surface area contributed by atoms with Crippen LogP contribution in [0.15, 0.2) is 17.9 Å². The van der Waals surface area contributed by atoms with Gasteiger partial charge in [-0.05, 0) is 0 Å². The highest BCUT2D eigenvalue weighted by atomic mass is 16.3. The van der Waals surface area contributed by atoms with E-state index in [9.17, 15) is 4.91 Å². The van der Waals surface area contributed by atoms with Crippen LogP contribution in [-0.2, 0) is 0 Å². The minimum Gasteiger partial charge on any atom is -0.382 e. The fourth-order valence-electron chi connectivity index (χ4n) is 0.901. The minimum atomic E-state index is 0.238. The lowest BCUT2D eigenvalue weighted by molar-refractivity contribution is 0.880. The standard InChI is InChI=1S/C5H4N6O/c6-4-3-5(8-1-7-4)11(10-12)2-9-3/h1-2H,(H2,6,7,8). The quantitative estimate of drug-likeness (QED) is 0.595. The first-order valence-electron chi connectivity index (χ1n) is 3.10. The van der Waals surface area contributed by atoms with Gasteiger partial charge in [-0.15, -0.1) is 4.91 Å². The molecule has 2 rings (SSSR count). The van der Waals surface area contributed by atoms with Crippen LogP contribution in [0.5, 0.6) is 0 Å². The van der Waals surface area contributed by atoms with E-state index in [-0.39, 0.29) is 5.82 Å². The zero-order valence-electron chi connectivity index (χ0n) is 5.88. The van der Waals surface area contributed by atoms with Crippen LogP contribution in [0.3, 0.4) is 0 Å². The van der Waals surface area contributed by atoms with Crippen molar-refractivity contribution in [1.29, 1.82) is 0 Å². The van der Waals surface area contributed by atoms with Crippen LogP contribution in [0.4, 0.5) is 5.82 Å². The van der Waals surface area contributed by atoms with Crippen LogP contribution in [0.25, 0.3) is 11.2 Å². The summed E-state index contributed by atoms with van der Waals surface area (Å²) in [6, 6.07) is 0. The van der Waals surface area contributed by atoms with E-state index in [0.29, 0.717) is 11.2 Å². The van der Waals surface area contributed by atoms with Crippen molar-refractivity contribution >= 4 is 17.0 Å². The topological polar surface area (TPSA) is 99.1 Å². The molecule has 0 aliphatic heterocycles. The molecule has 12 heavy (non-hydrogen) atoms. The second-order valence-corrected chi connectivity index (χ2v) is 2.10. The molecular weight excluding hydrogens is 160 g/mol. The third-order valence-electron chi connectivity index (χ3n) is 1.43. The van der Waals surface area contributed by atoms with E-state index in [0.717, 1.165) is 4.68 Å². The van der Waals surface area contributed by atoms with Crippen LogP contribution in [-0.4, -0.2) is 19.6 Å². The van der Waals surface area contributed by atoms with Gasteiger partial charge in [0.15, 0.2) is 17.0 Å². The van der Waals surface area contributed by atoms with E-state index in [1.165, 1.54) is 12.7 Å². The maximum absolute atomic E-state index is 10.2. The van der Waals surface area contributed by atoms with Gasteiger partial charge in [-0.25, -0.2) is 15.0 Å². The third kappa shape index (κ3) is 0.729. The summed E-state index contributed by atoms with van der Waals surface area (Å²) in [5.41, 5.74) is 6.16. The lowest BCUT2D eigenvalue weighted by Gasteiger charge is -1.91. The molecule has 0 saturated carbocycles. The number of anilines is 1. The average Bonchev–Trinajstić information content (AvgIpc) is 2.49. The maximum Gasteiger partial charge on any atom is 0.189 e. The SMILES string of the molecule is Nc1ncnc2c1ncn2N=O. The number of imidazole rings is 1. The summed E-state index contributed by atoms with van der Waals surface area (Å²) in [5, 5.41) is 2.66. The van der Waals surface area contributed by atoms with Gasteiger partial charge in [0.2, 0.25) is 0 Å². The lowest BCUT2D eigenvalue weighted by Crippen LogP contribution is -1.94. The molecule has 0 spiro atoms. The van der Waals surface area contributed by atoms with Gasteiger partial charge in [0.1, 0.15) is 12.7 Å². The van der Waals surface area contributed by atoms with Crippen molar-refractivity contribution in [1.82, 2.24) is 19.6 Å². The molecule has 0 saturated heterocycles. The van der Waals surface area contributed by atoms with Crippen molar-refractivity contribution < 1.29 is 0 Å². The Balaban J connectivity index is 2.88. The lowest BCUT2D eigenvalue weighted by atomic mass is 10.5. The number of aromatic nitrogens is 4. The Bertz CT molecular complexity index is 434. The number of nitrogens with two attached hydrogens (primary N) is 1. The molecule has 60 valence electrons. The second kappa shape index (κ2) is 2.22. The van der Waals surface area contributed by atoms with Gasteiger partial charge >= 0.3 is 0 Å². The molecule has 0 unspecified atom stereocenters. The summed E-state index contributed by atoms with van der Waals surface area (Å²) in [6.07, 6.45) is 2.49. The number of fused-ring (bicyclic) bond motifs is 1. The molecule has 0 aromatic carbocycles. The molecule has 2 aromatic rings. The molecule has 0 radical (unpaired) electrons. The summed E-state index contributed by atoms with van der Waals surface area (Å²) in [6.45, 7) is 0. The van der Waals surface area contributed by atoms with Crippen molar-refractivity contribution in [3.05, 3.63) is 17.6 Å². The molecule has 7 nitrogen and oxygen atoms in total. The predicted octanol–water partition coefficient (Wildman–Crippen LogP) is -0.0620. The van der Waals surface area contributed by atoms with Gasteiger partial charge in [0.25, 0.3) is 0 Å². The van der Waals surface area contributed by atoms with Crippen LogP contribution in [0.1, 0.15) is 0 Å². The van der Waals surface area contributed by atoms with Crippen LogP contribution < -0.4 is 5.73 Å². The molecule has 0 bridgehead atoms. The predicted molar refractivity (Wildman–Crippen MR) is 40.9 cm³/mol. The summed E-state index contributed by atoms with van der Waals surface area (Å²) in [4.78, 5) is 21.5. The van der Waals surface area contributed by atoms with E-state index in [1.807, 2.05) is 0 Å². The molecule has 2 heterocycles. The van der Waals surface area contributed by atoms with Gasteiger partial charge in [-0.2, -0.15) is 4.68 Å². The summed E-state index contributed by atoms with van der Waals surface area (Å²) in [5.74, 6) is 0.238. The third-order valence-corrected chi connectivity index (χ3v) is 1.43. The highest BCUT2D eigenvalue weighted by molar-refractivity contribution is 5.80. The summed E-state index contributed by atoms with van der Waals surface area (Å²) in [7, 11) is 0. The van der Waals surface area contributed by atoms with E-state index in [4.69, 9.17) is 5.73 Å². The van der Waals surface area contributed by atoms with E-state index in [2.05, 4.69) is 20.2 Å². The number of rotatable bonds is 1. The van der Waals surface area contributed by atoms with Gasteiger partial charge < -0.3 is 5.73 Å². The number of nitrogens with zero attached hydrogens (tertiary/aromatic N) is 5. The number of nitroso groups, excluding NO2 is 1. The number of hydrogen-bond acceptors (Lipinski definition) is 6. The zero-order chi connectivity index (χ0) is 8.55. The first-order chi connectivity index (χ1) is 5.83. The van der Waals surface area contributed by atoms with Gasteiger partial charge in [0, 0.05) is 0 Å². The zero-order valence-corrected chi connectivity index (χ0v) is 5.88. The fraction of sp³-hybridized carbons (Fsp3) is 0. The summed E-state index contributed by atoms with van der Waals surface area (Å²) < 4.78 is 0.993. The van der Waals surface area contributed by atoms with Crippen molar-refractivity contribution in [2.24, 2.45) is 5.29 Å². The van der Waals surface area contributed by atoms with Crippen LogP contribution in [0, 0.1) is 4.91 Å². The highest BCUT2D eigenvalue weighted by Crippen LogP contribution is 2.13. The monoisotopic (exact) mass is 164 g/mol. The smallest absolute Gasteiger partial charge is 0.189 e. The maximum atomic E-state index is 10.2. The van der Waals surface area contributed by atoms with Crippen molar-refractivity contribution in [2.45, 2.75) is 0 Å². The van der Waals surface area contributed by atoms with Crippen molar-refractivity contribution in [2.75, 3.05) is 5.73 Å². The second-order valence-electron chi connectivity index (χ2n) is 2.10. The Morgan fingerprint density at radius 3 is 3.00 bits per heavy atom. The summed E-state index contributed by atoms with van der Waals surface area (Å²) >= 11 is 0. The molecule has 2 aromatic heterocycles. The van der Waals surface area contributed by atoms with Crippen molar-refractivity contribution in [3.8, 4) is 0 Å². The van der Waals surface area contributed by atoms with Gasteiger partial charge in [-0.1, -0.05) is 0 Å². The molecule has 0 aliphatic rings. The Morgan fingerprint density at radius 1 is 1.42 bits per heavy atom. The fourth-order valence-corrected chi connectivity index (χ4v) is 0.901. The first-order valence-corrected chi connectivity index (χ1v) is 3.10. The largest absolute Gasteiger partial charge is 0.382 e. The molecule has 7 heteroatoms. The minimum absolute atomic E-state index is 0.238. The first kappa shape index (κ1) is 6.65. The Morgan fingerprint density at radius 2 is 2.25 bits per heavy atom. The molecule has 0 atom stereocenters. The Hall–Kier alpha value is -2.05. The normalized spacial score (nSPS) is 10.3. The average molecular weight is 164 g/mol. The molecule has 2 N–H and O–H groups in total. The number of nitrogen functional groups attached to an aromatic ring is 1. The van der Waals surface area contributed by atoms with Crippen molar-refractivity contribution in [3.63, 3.8) is 0 Å². The highest BCUT2D eigenvalue weighted by Gasteiger charge is 2.06. The van der Waals surface area contributed by atoms with E-state index in [1.54, 1.807) is 0 Å². The molecule has 0 aliphatic carbocycles. The van der Waals surface area contributed by atoms with E-state index >= 15 is 0 Å². The Labute approximate surface area is 66.2 Å². The molecule has 0 amide bonds. The van der Waals surface area contributed by atoms with Gasteiger partial charge in [0.05, 0.1) is 5.29 Å². The van der Waals surface area contributed by atoms with Gasteiger partial charge in [-0.3, -0.25) is 0 Å². The van der Waals surface area contributed by atoms with Crippen LogP contribution in [0.2, 0.25) is 0 Å². The molecular formula is C5H4N6O. The van der Waals surface area contributed by atoms with E-state index < -0.39 is 0 Å². The number of hydrogen-bond donors (Lipinski definition) is 1. The van der Waals surface area contributed by atoms with Crippen LogP contribution >= 0.6 is 0 Å².